The van der Waals surface area contributed by atoms with E-state index in [9.17, 15) is 0 Å². The van der Waals surface area contributed by atoms with Gasteiger partial charge < -0.3 is 15.6 Å². The van der Waals surface area contributed by atoms with E-state index in [0.29, 0.717) is 19.1 Å². The highest BCUT2D eigenvalue weighted by atomic mass is 16.5. The summed E-state index contributed by atoms with van der Waals surface area (Å²) in [6.45, 7) is 0.955. The molecule has 1 aliphatic carbocycles. The maximum Gasteiger partial charge on any atom is 0.0873 e. The zero-order chi connectivity index (χ0) is 12.8. The number of aliphatic hydroxyl groups is 1. The van der Waals surface area contributed by atoms with Gasteiger partial charge in [0, 0.05) is 12.5 Å². The minimum atomic E-state index is -0.289. The maximum absolute atomic E-state index is 9.00. The van der Waals surface area contributed by atoms with Gasteiger partial charge in [-0.05, 0) is 18.4 Å². The van der Waals surface area contributed by atoms with Crippen LogP contribution in [0.25, 0.3) is 0 Å². The van der Waals surface area contributed by atoms with Crippen molar-refractivity contribution in [3.63, 3.8) is 0 Å². The van der Waals surface area contributed by atoms with Crippen LogP contribution in [0.4, 0.5) is 0 Å². The Labute approximate surface area is 109 Å². The van der Waals surface area contributed by atoms with Gasteiger partial charge in [-0.2, -0.15) is 0 Å². The van der Waals surface area contributed by atoms with Crippen molar-refractivity contribution in [3.05, 3.63) is 35.9 Å². The van der Waals surface area contributed by atoms with Crippen molar-refractivity contribution in [3.8, 4) is 0 Å². The Morgan fingerprint density at radius 2 is 2.06 bits per heavy atom. The van der Waals surface area contributed by atoms with Gasteiger partial charge in [-0.15, -0.1) is 0 Å². The number of aliphatic hydroxyl groups excluding tert-OH is 1. The first-order chi connectivity index (χ1) is 8.82. The molecule has 0 amide bonds. The van der Waals surface area contributed by atoms with Gasteiger partial charge in [0.15, 0.2) is 0 Å². The van der Waals surface area contributed by atoms with Gasteiger partial charge >= 0.3 is 0 Å². The second kappa shape index (κ2) is 6.32. The van der Waals surface area contributed by atoms with Gasteiger partial charge in [0.1, 0.15) is 0 Å². The largest absolute Gasteiger partial charge is 0.394 e. The summed E-state index contributed by atoms with van der Waals surface area (Å²) in [6, 6.07) is 10.5. The Morgan fingerprint density at radius 3 is 2.72 bits per heavy atom. The molecule has 18 heavy (non-hydrogen) atoms. The summed E-state index contributed by atoms with van der Waals surface area (Å²) in [6.07, 6.45) is 4.49. The number of hydrogen-bond acceptors (Lipinski definition) is 3. The topological polar surface area (TPSA) is 55.5 Å². The van der Waals surface area contributed by atoms with Gasteiger partial charge in [0.25, 0.3) is 0 Å². The monoisotopic (exact) mass is 249 g/mol. The third-order valence-corrected chi connectivity index (χ3v) is 4.01. The van der Waals surface area contributed by atoms with Crippen LogP contribution in [0.3, 0.4) is 0 Å². The van der Waals surface area contributed by atoms with E-state index in [0.717, 1.165) is 19.3 Å². The molecule has 1 aliphatic rings. The molecule has 0 radical (unpaired) electrons. The molecule has 3 nitrogen and oxygen atoms in total. The van der Waals surface area contributed by atoms with Crippen molar-refractivity contribution in [1.82, 2.24) is 0 Å². The molecule has 2 atom stereocenters. The molecule has 0 spiro atoms. The molecule has 0 bridgehead atoms. The Kier molecular flexibility index (Phi) is 4.75. The average Bonchev–Trinajstić information content (AvgIpc) is 2.46. The molecular weight excluding hydrogens is 226 g/mol. The minimum Gasteiger partial charge on any atom is -0.394 e. The highest BCUT2D eigenvalue weighted by Gasteiger charge is 2.41. The molecule has 100 valence electrons. The lowest BCUT2D eigenvalue weighted by Gasteiger charge is -2.43. The number of nitrogens with two attached hydrogens (primary N) is 1. The number of hydrogen-bond donors (Lipinski definition) is 2. The Balaban J connectivity index is 2.23. The second-order valence-corrected chi connectivity index (χ2v) is 5.05. The van der Waals surface area contributed by atoms with Crippen LogP contribution in [0.2, 0.25) is 0 Å². The molecule has 1 aromatic carbocycles. The lowest BCUT2D eigenvalue weighted by atomic mass is 9.72. The molecule has 2 unspecified atom stereocenters. The summed E-state index contributed by atoms with van der Waals surface area (Å²) in [5.41, 5.74) is 7.02. The summed E-state index contributed by atoms with van der Waals surface area (Å²) in [4.78, 5) is 0. The van der Waals surface area contributed by atoms with E-state index >= 15 is 0 Å². The minimum absolute atomic E-state index is 0.0588. The second-order valence-electron chi connectivity index (χ2n) is 5.05. The van der Waals surface area contributed by atoms with Gasteiger partial charge in [0.05, 0.1) is 18.8 Å². The summed E-state index contributed by atoms with van der Waals surface area (Å²) >= 11 is 0. The SMILES string of the molecule is NCC1(OCCO)CCCCC1c1ccccc1. The fourth-order valence-corrected chi connectivity index (χ4v) is 3.09. The van der Waals surface area contributed by atoms with E-state index in [1.54, 1.807) is 0 Å². The van der Waals surface area contributed by atoms with Gasteiger partial charge in [-0.1, -0.05) is 43.2 Å². The highest BCUT2D eigenvalue weighted by Crippen LogP contribution is 2.42. The van der Waals surface area contributed by atoms with Crippen LogP contribution in [0, 0.1) is 0 Å². The standard InChI is InChI=1S/C15H23NO2/c16-12-15(18-11-10-17)9-5-4-8-14(15)13-6-2-1-3-7-13/h1-3,6-7,14,17H,4-5,8-12,16H2. The van der Waals surface area contributed by atoms with Crippen molar-refractivity contribution in [2.24, 2.45) is 5.73 Å². The van der Waals surface area contributed by atoms with Crippen LogP contribution in [-0.4, -0.2) is 30.5 Å². The van der Waals surface area contributed by atoms with Crippen LogP contribution in [-0.2, 0) is 4.74 Å². The molecule has 0 aromatic heterocycles. The summed E-state index contributed by atoms with van der Waals surface area (Å²) in [5, 5.41) is 9.00. The van der Waals surface area contributed by atoms with Gasteiger partial charge in [-0.3, -0.25) is 0 Å². The third kappa shape index (κ3) is 2.74. The zero-order valence-electron chi connectivity index (χ0n) is 10.8. The predicted molar refractivity (Wildman–Crippen MR) is 72.5 cm³/mol. The highest BCUT2D eigenvalue weighted by molar-refractivity contribution is 5.24. The van der Waals surface area contributed by atoms with Crippen molar-refractivity contribution < 1.29 is 9.84 Å². The molecule has 0 aliphatic heterocycles. The first-order valence-corrected chi connectivity index (χ1v) is 6.82. The van der Waals surface area contributed by atoms with Crippen LogP contribution in [0.1, 0.15) is 37.2 Å². The molecule has 0 saturated heterocycles. The number of ether oxygens (including phenoxy) is 1. The quantitative estimate of drug-likeness (QED) is 0.839. The van der Waals surface area contributed by atoms with E-state index in [-0.39, 0.29) is 12.2 Å². The van der Waals surface area contributed by atoms with Crippen molar-refractivity contribution in [2.75, 3.05) is 19.8 Å². The molecular formula is C15H23NO2. The van der Waals surface area contributed by atoms with Gasteiger partial charge in [-0.25, -0.2) is 0 Å². The first-order valence-electron chi connectivity index (χ1n) is 6.82. The number of rotatable bonds is 5. The van der Waals surface area contributed by atoms with E-state index in [4.69, 9.17) is 15.6 Å². The van der Waals surface area contributed by atoms with Gasteiger partial charge in [0.2, 0.25) is 0 Å². The van der Waals surface area contributed by atoms with E-state index in [2.05, 4.69) is 24.3 Å². The number of benzene rings is 1. The van der Waals surface area contributed by atoms with Crippen molar-refractivity contribution in [1.29, 1.82) is 0 Å². The van der Waals surface area contributed by atoms with Crippen LogP contribution in [0.5, 0.6) is 0 Å². The summed E-state index contributed by atoms with van der Waals surface area (Å²) in [5.74, 6) is 0.351. The van der Waals surface area contributed by atoms with Crippen LogP contribution < -0.4 is 5.73 Å². The molecule has 1 saturated carbocycles. The Morgan fingerprint density at radius 1 is 1.28 bits per heavy atom. The summed E-state index contributed by atoms with van der Waals surface area (Å²) < 4.78 is 5.96. The molecule has 2 rings (SSSR count). The maximum atomic E-state index is 9.00. The molecule has 0 heterocycles. The lowest BCUT2D eigenvalue weighted by molar-refractivity contribution is -0.0879. The predicted octanol–water partition coefficient (Wildman–Crippen LogP) is 2.05. The Bertz CT molecular complexity index is 355. The van der Waals surface area contributed by atoms with E-state index < -0.39 is 0 Å². The molecule has 3 N–H and O–H groups in total. The zero-order valence-corrected chi connectivity index (χ0v) is 10.8. The van der Waals surface area contributed by atoms with E-state index in [1.165, 1.54) is 12.0 Å². The molecule has 1 fully saturated rings. The average molecular weight is 249 g/mol. The molecule has 1 aromatic rings. The Hall–Kier alpha value is -0.900. The van der Waals surface area contributed by atoms with Crippen molar-refractivity contribution >= 4 is 0 Å². The normalized spacial score (nSPS) is 28.2. The summed E-state index contributed by atoms with van der Waals surface area (Å²) in [7, 11) is 0. The van der Waals surface area contributed by atoms with Crippen LogP contribution in [0.15, 0.2) is 30.3 Å². The fraction of sp³-hybridized carbons (Fsp3) is 0.600. The lowest BCUT2D eigenvalue weighted by Crippen LogP contribution is -2.48. The molecule has 3 heteroatoms. The smallest absolute Gasteiger partial charge is 0.0873 e. The van der Waals surface area contributed by atoms with Crippen LogP contribution >= 0.6 is 0 Å². The third-order valence-electron chi connectivity index (χ3n) is 4.01. The van der Waals surface area contributed by atoms with Crippen molar-refractivity contribution in [2.45, 2.75) is 37.2 Å². The first kappa shape index (κ1) is 13.5. The fourth-order valence-electron chi connectivity index (χ4n) is 3.09. The van der Waals surface area contributed by atoms with E-state index in [1.807, 2.05) is 6.07 Å².